The van der Waals surface area contributed by atoms with Crippen LogP contribution in [0.3, 0.4) is 0 Å². The van der Waals surface area contributed by atoms with Crippen LogP contribution in [0.4, 0.5) is 11.5 Å². The summed E-state index contributed by atoms with van der Waals surface area (Å²) in [7, 11) is 4.32. The zero-order valence-electron chi connectivity index (χ0n) is 21.4. The number of carbonyl (C=O) groups is 1. The van der Waals surface area contributed by atoms with E-state index in [1.165, 1.54) is 0 Å². The minimum absolute atomic E-state index is 0.134. The van der Waals surface area contributed by atoms with Crippen LogP contribution in [-0.4, -0.2) is 55.1 Å². The summed E-state index contributed by atoms with van der Waals surface area (Å²) in [6.07, 6.45) is 5.79. The lowest BCUT2D eigenvalue weighted by Gasteiger charge is -2.36. The van der Waals surface area contributed by atoms with Gasteiger partial charge in [-0.15, -0.1) is 0 Å². The normalized spacial score (nSPS) is 14.9. The predicted octanol–water partition coefficient (Wildman–Crippen LogP) is 5.51. The van der Waals surface area contributed by atoms with Crippen molar-refractivity contribution in [2.24, 2.45) is 0 Å². The van der Waals surface area contributed by atoms with Crippen LogP contribution in [0.1, 0.15) is 37.8 Å². The molecule has 1 aromatic heterocycles. The van der Waals surface area contributed by atoms with Gasteiger partial charge in [0.15, 0.2) is 0 Å². The van der Waals surface area contributed by atoms with Gasteiger partial charge in [0.2, 0.25) is 5.91 Å². The fourth-order valence-electron chi connectivity index (χ4n) is 4.51. The third kappa shape index (κ3) is 6.40. The van der Waals surface area contributed by atoms with Crippen LogP contribution in [0.15, 0.2) is 54.6 Å². The number of piperidine rings is 1. The molecule has 0 bridgehead atoms. The van der Waals surface area contributed by atoms with Crippen molar-refractivity contribution in [3.63, 3.8) is 0 Å². The molecular formula is C29H36N4O2. The van der Waals surface area contributed by atoms with Gasteiger partial charge < -0.3 is 19.9 Å². The second kappa shape index (κ2) is 10.9. The highest BCUT2D eigenvalue weighted by molar-refractivity contribution is 6.03. The van der Waals surface area contributed by atoms with Crippen molar-refractivity contribution in [1.82, 2.24) is 9.88 Å². The van der Waals surface area contributed by atoms with E-state index in [9.17, 15) is 4.79 Å². The lowest BCUT2D eigenvalue weighted by atomic mass is 10.0. The van der Waals surface area contributed by atoms with Crippen molar-refractivity contribution < 1.29 is 9.53 Å². The second-order valence-corrected chi connectivity index (χ2v) is 9.77. The van der Waals surface area contributed by atoms with Crippen molar-refractivity contribution in [1.29, 1.82) is 0 Å². The number of pyridine rings is 1. The fraction of sp³-hybridized carbons (Fsp3) is 0.379. The zero-order chi connectivity index (χ0) is 24.9. The molecular weight excluding hydrogens is 436 g/mol. The van der Waals surface area contributed by atoms with Crippen LogP contribution in [-0.2, 0) is 4.79 Å². The van der Waals surface area contributed by atoms with Crippen LogP contribution in [0.2, 0.25) is 0 Å². The Bertz CT molecular complexity index is 1190. The van der Waals surface area contributed by atoms with Gasteiger partial charge in [0.25, 0.3) is 0 Å². The van der Waals surface area contributed by atoms with E-state index in [0.717, 1.165) is 65.2 Å². The highest BCUT2D eigenvalue weighted by Crippen LogP contribution is 2.27. The first-order chi connectivity index (χ1) is 16.8. The smallest absolute Gasteiger partial charge is 0.248 e. The van der Waals surface area contributed by atoms with E-state index in [4.69, 9.17) is 9.72 Å². The third-order valence-corrected chi connectivity index (χ3v) is 6.47. The van der Waals surface area contributed by atoms with Gasteiger partial charge in [-0.1, -0.05) is 12.1 Å². The number of carbonyl (C=O) groups excluding carboxylic acids is 1. The van der Waals surface area contributed by atoms with Gasteiger partial charge in [-0.05, 0) is 101 Å². The number of fused-ring (bicyclic) bond motifs is 1. The molecule has 1 N–H and O–H groups in total. The Balaban J connectivity index is 1.41. The van der Waals surface area contributed by atoms with Gasteiger partial charge >= 0.3 is 0 Å². The van der Waals surface area contributed by atoms with Crippen LogP contribution in [0.25, 0.3) is 17.0 Å². The maximum atomic E-state index is 12.5. The fourth-order valence-corrected chi connectivity index (χ4v) is 4.51. The second-order valence-electron chi connectivity index (χ2n) is 9.77. The highest BCUT2D eigenvalue weighted by Gasteiger charge is 2.22. The Morgan fingerprint density at radius 2 is 1.83 bits per heavy atom. The molecule has 6 nitrogen and oxygen atoms in total. The van der Waals surface area contributed by atoms with Crippen molar-refractivity contribution in [3.05, 3.63) is 65.7 Å². The Morgan fingerprint density at radius 1 is 1.11 bits per heavy atom. The van der Waals surface area contributed by atoms with Gasteiger partial charge in [0, 0.05) is 36.3 Å². The molecule has 1 aliphatic rings. The van der Waals surface area contributed by atoms with Crippen LogP contribution in [0.5, 0.6) is 5.75 Å². The largest absolute Gasteiger partial charge is 0.491 e. The number of hydrogen-bond acceptors (Lipinski definition) is 5. The highest BCUT2D eigenvalue weighted by atomic mass is 16.5. The number of aryl methyl sites for hydroxylation is 1. The Hall–Kier alpha value is -3.38. The van der Waals surface area contributed by atoms with E-state index in [-0.39, 0.29) is 12.0 Å². The molecule has 1 aliphatic heterocycles. The van der Waals surface area contributed by atoms with Crippen molar-refractivity contribution in [2.45, 2.75) is 45.8 Å². The predicted molar refractivity (Wildman–Crippen MR) is 145 cm³/mol. The topological polar surface area (TPSA) is 57.7 Å². The molecule has 0 atom stereocenters. The van der Waals surface area contributed by atoms with Gasteiger partial charge in [0.05, 0.1) is 11.6 Å². The van der Waals surface area contributed by atoms with E-state index in [1.54, 1.807) is 12.2 Å². The summed E-state index contributed by atoms with van der Waals surface area (Å²) in [5.41, 5.74) is 3.82. The van der Waals surface area contributed by atoms with E-state index < -0.39 is 0 Å². The summed E-state index contributed by atoms with van der Waals surface area (Å²) in [6.45, 7) is 8.15. The van der Waals surface area contributed by atoms with Crippen LogP contribution in [0, 0.1) is 6.92 Å². The molecule has 2 aromatic carbocycles. The van der Waals surface area contributed by atoms with E-state index in [1.807, 2.05) is 56.3 Å². The average molecular weight is 473 g/mol. The lowest BCUT2D eigenvalue weighted by molar-refractivity contribution is -0.111. The first-order valence-electron chi connectivity index (χ1n) is 12.4. The molecule has 1 fully saturated rings. The van der Waals surface area contributed by atoms with Crippen LogP contribution < -0.4 is 15.0 Å². The minimum Gasteiger partial charge on any atom is -0.491 e. The Morgan fingerprint density at radius 3 is 2.49 bits per heavy atom. The van der Waals surface area contributed by atoms with Gasteiger partial charge in [-0.25, -0.2) is 4.98 Å². The zero-order valence-corrected chi connectivity index (χ0v) is 21.4. The molecule has 0 unspecified atom stereocenters. The molecule has 1 amide bonds. The molecule has 6 heteroatoms. The number of aromatic nitrogens is 1. The summed E-state index contributed by atoms with van der Waals surface area (Å²) >= 11 is 0. The van der Waals surface area contributed by atoms with Gasteiger partial charge in [-0.2, -0.15) is 0 Å². The summed E-state index contributed by atoms with van der Waals surface area (Å²) < 4.78 is 5.66. The van der Waals surface area contributed by atoms with E-state index in [2.05, 4.69) is 42.2 Å². The number of rotatable bonds is 7. The molecule has 35 heavy (non-hydrogen) atoms. The monoisotopic (exact) mass is 472 g/mol. The molecule has 0 aliphatic carbocycles. The summed E-state index contributed by atoms with van der Waals surface area (Å²) in [4.78, 5) is 22.1. The molecule has 0 radical (unpaired) electrons. The SMILES string of the molecule is Cc1cc(N2CCC(N(C)C)CC2)nc2ccc(NC(=O)C=Cc3ccc(OC(C)C)cc3)cc12. The first-order valence-corrected chi connectivity index (χ1v) is 12.4. The molecule has 0 spiro atoms. The van der Waals surface area contributed by atoms with Crippen molar-refractivity contribution in [3.8, 4) is 5.75 Å². The van der Waals surface area contributed by atoms with Gasteiger partial charge in [-0.3, -0.25) is 4.79 Å². The Labute approximate surface area is 208 Å². The number of nitrogens with one attached hydrogen (secondary N) is 1. The number of benzene rings is 2. The number of hydrogen-bond donors (Lipinski definition) is 1. The molecule has 3 aromatic rings. The molecule has 4 rings (SSSR count). The Kier molecular flexibility index (Phi) is 7.71. The standard InChI is InChI=1S/C29H36N4O2/c1-20(2)35-25-10-6-22(7-11-25)8-13-29(34)30-23-9-12-27-26(19-23)21(3)18-28(31-27)33-16-14-24(15-17-33)32(4)5/h6-13,18-20,24H,14-17H2,1-5H3,(H,30,34). The van der Waals surface area contributed by atoms with Crippen LogP contribution >= 0.6 is 0 Å². The average Bonchev–Trinajstić information content (AvgIpc) is 2.83. The van der Waals surface area contributed by atoms with Gasteiger partial charge in [0.1, 0.15) is 11.6 Å². The van der Waals surface area contributed by atoms with E-state index in [0.29, 0.717) is 6.04 Å². The van der Waals surface area contributed by atoms with Crippen molar-refractivity contribution >= 4 is 34.4 Å². The summed E-state index contributed by atoms with van der Waals surface area (Å²) in [6, 6.07) is 16.4. The maximum Gasteiger partial charge on any atom is 0.248 e. The first kappa shape index (κ1) is 24.7. The molecule has 1 saturated heterocycles. The maximum absolute atomic E-state index is 12.5. The quantitative estimate of drug-likeness (QED) is 0.459. The van der Waals surface area contributed by atoms with E-state index >= 15 is 0 Å². The molecule has 184 valence electrons. The minimum atomic E-state index is -0.169. The number of nitrogens with zero attached hydrogens (tertiary/aromatic N) is 3. The summed E-state index contributed by atoms with van der Waals surface area (Å²) in [5.74, 6) is 1.69. The number of amides is 1. The number of ether oxygens (including phenoxy) is 1. The molecule has 0 saturated carbocycles. The van der Waals surface area contributed by atoms with Crippen molar-refractivity contribution in [2.75, 3.05) is 37.4 Å². The third-order valence-electron chi connectivity index (χ3n) is 6.47. The lowest BCUT2D eigenvalue weighted by Crippen LogP contribution is -2.42. The molecule has 2 heterocycles. The number of anilines is 2. The summed E-state index contributed by atoms with van der Waals surface area (Å²) in [5, 5.41) is 4.02.